The molecule has 0 spiro atoms. The lowest BCUT2D eigenvalue weighted by Crippen LogP contribution is -2.32. The quantitative estimate of drug-likeness (QED) is 0.516. The summed E-state index contributed by atoms with van der Waals surface area (Å²) in [5, 5.41) is 2.03. The summed E-state index contributed by atoms with van der Waals surface area (Å²) in [4.78, 5) is 16.3. The van der Waals surface area contributed by atoms with Gasteiger partial charge in [-0.15, -0.1) is 23.7 Å². The minimum absolute atomic E-state index is 0. The van der Waals surface area contributed by atoms with Crippen molar-refractivity contribution in [2.24, 2.45) is 5.73 Å². The monoisotopic (exact) mass is 430 g/mol. The molecule has 0 unspecified atom stereocenters. The van der Waals surface area contributed by atoms with Crippen LogP contribution in [-0.4, -0.2) is 23.9 Å². The number of para-hydroxylation sites is 1. The van der Waals surface area contributed by atoms with E-state index in [0.717, 1.165) is 16.9 Å². The van der Waals surface area contributed by atoms with E-state index in [1.807, 2.05) is 58.8 Å². The van der Waals surface area contributed by atoms with Gasteiger partial charge in [0.25, 0.3) is 5.91 Å². The maximum atomic E-state index is 13.3. The van der Waals surface area contributed by atoms with E-state index in [4.69, 9.17) is 10.5 Å². The Kier molecular flexibility index (Phi) is 9.19. The lowest BCUT2D eigenvalue weighted by molar-refractivity contribution is 0.0739. The van der Waals surface area contributed by atoms with Gasteiger partial charge in [0, 0.05) is 11.4 Å². The van der Waals surface area contributed by atoms with Gasteiger partial charge in [0.2, 0.25) is 0 Å². The molecule has 3 aromatic rings. The summed E-state index contributed by atoms with van der Waals surface area (Å²) < 4.78 is 6.02. The summed E-state index contributed by atoms with van der Waals surface area (Å²) in [6.07, 6.45) is 0.767. The first-order chi connectivity index (χ1) is 13.7. The summed E-state index contributed by atoms with van der Waals surface area (Å²) >= 11 is 1.65. The summed E-state index contributed by atoms with van der Waals surface area (Å²) in [6.45, 7) is 4.25. The third-order valence-corrected chi connectivity index (χ3v) is 5.30. The number of rotatable bonds is 9. The fourth-order valence-corrected chi connectivity index (χ4v) is 3.75. The second-order valence-electron chi connectivity index (χ2n) is 6.72. The van der Waals surface area contributed by atoms with Gasteiger partial charge in [-0.25, -0.2) is 0 Å². The number of halogens is 1. The molecule has 0 saturated carbocycles. The molecule has 0 saturated heterocycles. The van der Waals surface area contributed by atoms with Crippen molar-refractivity contribution in [2.45, 2.75) is 26.5 Å². The van der Waals surface area contributed by atoms with Crippen molar-refractivity contribution in [1.82, 2.24) is 4.90 Å². The van der Waals surface area contributed by atoms with Gasteiger partial charge in [-0.05, 0) is 49.0 Å². The highest BCUT2D eigenvalue weighted by Gasteiger charge is 2.20. The largest absolute Gasteiger partial charge is 0.488 e. The molecule has 0 aliphatic heterocycles. The number of carbonyl (C=O) groups is 1. The van der Waals surface area contributed by atoms with Gasteiger partial charge in [-0.2, -0.15) is 0 Å². The van der Waals surface area contributed by atoms with Crippen LogP contribution in [0, 0.1) is 6.92 Å². The van der Waals surface area contributed by atoms with Crippen LogP contribution in [0.4, 0.5) is 0 Å². The highest BCUT2D eigenvalue weighted by molar-refractivity contribution is 7.09. The first-order valence-electron chi connectivity index (χ1n) is 9.46. The van der Waals surface area contributed by atoms with Crippen LogP contribution in [-0.2, 0) is 13.2 Å². The number of amides is 1. The molecular weight excluding hydrogens is 404 g/mol. The number of hydrogen-bond donors (Lipinski definition) is 1. The van der Waals surface area contributed by atoms with Gasteiger partial charge >= 0.3 is 0 Å². The molecule has 1 heterocycles. The molecule has 0 aliphatic rings. The zero-order valence-electron chi connectivity index (χ0n) is 16.5. The van der Waals surface area contributed by atoms with E-state index in [0.29, 0.717) is 37.6 Å². The van der Waals surface area contributed by atoms with Crippen LogP contribution in [0.15, 0.2) is 66.0 Å². The fourth-order valence-electron chi connectivity index (χ4n) is 3.03. The predicted molar refractivity (Wildman–Crippen MR) is 122 cm³/mol. The molecule has 2 N–H and O–H groups in total. The third kappa shape index (κ3) is 6.60. The Morgan fingerprint density at radius 2 is 1.93 bits per heavy atom. The maximum Gasteiger partial charge on any atom is 0.257 e. The molecule has 0 radical (unpaired) electrons. The van der Waals surface area contributed by atoms with E-state index in [9.17, 15) is 4.79 Å². The van der Waals surface area contributed by atoms with E-state index < -0.39 is 0 Å². The van der Waals surface area contributed by atoms with E-state index in [-0.39, 0.29) is 18.3 Å². The van der Waals surface area contributed by atoms with Crippen LogP contribution in [0.3, 0.4) is 0 Å². The Hall–Kier alpha value is -2.34. The van der Waals surface area contributed by atoms with Gasteiger partial charge in [0.05, 0.1) is 12.1 Å². The lowest BCUT2D eigenvalue weighted by Gasteiger charge is -2.23. The van der Waals surface area contributed by atoms with Crippen molar-refractivity contribution in [3.63, 3.8) is 0 Å². The number of aryl methyl sites for hydroxylation is 1. The van der Waals surface area contributed by atoms with Gasteiger partial charge < -0.3 is 15.4 Å². The number of hydrogen-bond acceptors (Lipinski definition) is 4. The number of thiophene rings is 1. The standard InChI is InChI=1S/C23H26N2O2S.ClH/c1-18-7-4-8-19(15-18)17-27-22-11-3-2-10-21(22)23(26)25(13-6-12-24)16-20-9-5-14-28-20;/h2-5,7-11,14-15H,6,12-13,16-17,24H2,1H3;1H. The van der Waals surface area contributed by atoms with Crippen molar-refractivity contribution < 1.29 is 9.53 Å². The fraction of sp³-hybridized carbons (Fsp3) is 0.261. The van der Waals surface area contributed by atoms with Crippen molar-refractivity contribution in [3.8, 4) is 5.75 Å². The predicted octanol–water partition coefficient (Wildman–Crippen LogP) is 5.05. The van der Waals surface area contributed by atoms with Crippen molar-refractivity contribution in [2.75, 3.05) is 13.1 Å². The highest BCUT2D eigenvalue weighted by atomic mass is 35.5. The molecule has 6 heteroatoms. The number of nitrogens with two attached hydrogens (primary N) is 1. The van der Waals surface area contributed by atoms with E-state index in [2.05, 4.69) is 19.1 Å². The van der Waals surface area contributed by atoms with E-state index >= 15 is 0 Å². The molecule has 2 aromatic carbocycles. The molecule has 4 nitrogen and oxygen atoms in total. The molecule has 0 fully saturated rings. The zero-order valence-corrected chi connectivity index (χ0v) is 18.2. The number of nitrogens with zero attached hydrogens (tertiary/aromatic N) is 1. The molecule has 1 aromatic heterocycles. The maximum absolute atomic E-state index is 13.3. The second-order valence-corrected chi connectivity index (χ2v) is 7.75. The second kappa shape index (κ2) is 11.6. The van der Waals surface area contributed by atoms with Crippen molar-refractivity contribution in [3.05, 3.63) is 87.6 Å². The first kappa shape index (κ1) is 22.9. The molecule has 0 aliphatic carbocycles. The Labute approximate surface area is 182 Å². The summed E-state index contributed by atoms with van der Waals surface area (Å²) in [5.41, 5.74) is 8.54. The molecule has 29 heavy (non-hydrogen) atoms. The molecule has 1 amide bonds. The van der Waals surface area contributed by atoms with Gasteiger partial charge in [-0.3, -0.25) is 4.79 Å². The topological polar surface area (TPSA) is 55.6 Å². The molecule has 154 valence electrons. The molecule has 3 rings (SSSR count). The van der Waals surface area contributed by atoms with Crippen molar-refractivity contribution >= 4 is 29.7 Å². The Bertz CT molecular complexity index is 899. The van der Waals surface area contributed by atoms with Gasteiger partial charge in [-0.1, -0.05) is 48.0 Å². The van der Waals surface area contributed by atoms with Crippen LogP contribution in [0.1, 0.15) is 32.8 Å². The first-order valence-corrected chi connectivity index (χ1v) is 10.3. The van der Waals surface area contributed by atoms with Gasteiger partial charge in [0.15, 0.2) is 0 Å². The summed E-state index contributed by atoms with van der Waals surface area (Å²) in [5.74, 6) is 0.583. The summed E-state index contributed by atoms with van der Waals surface area (Å²) in [6, 6.07) is 19.7. The molecular formula is C23H27ClN2O2S. The van der Waals surface area contributed by atoms with Crippen LogP contribution >= 0.6 is 23.7 Å². The lowest BCUT2D eigenvalue weighted by atomic mass is 10.1. The third-order valence-electron chi connectivity index (χ3n) is 4.44. The van der Waals surface area contributed by atoms with Crippen LogP contribution in [0.5, 0.6) is 5.75 Å². The minimum Gasteiger partial charge on any atom is -0.488 e. The number of carbonyl (C=O) groups excluding carboxylic acids is 1. The van der Waals surface area contributed by atoms with Crippen LogP contribution < -0.4 is 10.5 Å². The Morgan fingerprint density at radius 3 is 2.66 bits per heavy atom. The zero-order chi connectivity index (χ0) is 19.8. The minimum atomic E-state index is -0.0262. The van der Waals surface area contributed by atoms with Crippen LogP contribution in [0.25, 0.3) is 0 Å². The van der Waals surface area contributed by atoms with E-state index in [1.165, 1.54) is 5.56 Å². The van der Waals surface area contributed by atoms with Crippen molar-refractivity contribution in [1.29, 1.82) is 0 Å². The Morgan fingerprint density at radius 1 is 1.10 bits per heavy atom. The average molecular weight is 431 g/mol. The number of ether oxygens (including phenoxy) is 1. The normalized spacial score (nSPS) is 10.3. The SMILES string of the molecule is Cc1cccc(COc2ccccc2C(=O)N(CCCN)Cc2cccs2)c1.Cl. The Balaban J connectivity index is 0.00000300. The molecule has 0 bridgehead atoms. The van der Waals surface area contributed by atoms with Gasteiger partial charge in [0.1, 0.15) is 12.4 Å². The smallest absolute Gasteiger partial charge is 0.257 e. The molecule has 0 atom stereocenters. The summed E-state index contributed by atoms with van der Waals surface area (Å²) in [7, 11) is 0. The van der Waals surface area contributed by atoms with Crippen LogP contribution in [0.2, 0.25) is 0 Å². The number of benzene rings is 2. The van der Waals surface area contributed by atoms with E-state index in [1.54, 1.807) is 11.3 Å². The average Bonchev–Trinajstić information content (AvgIpc) is 3.22. The highest BCUT2D eigenvalue weighted by Crippen LogP contribution is 2.23.